The molecule has 0 spiro atoms. The summed E-state index contributed by atoms with van der Waals surface area (Å²) in [5.74, 6) is 2.66. The van der Waals surface area contributed by atoms with Crippen molar-refractivity contribution in [1.29, 1.82) is 0 Å². The predicted molar refractivity (Wildman–Crippen MR) is 112 cm³/mol. The van der Waals surface area contributed by atoms with Gasteiger partial charge < -0.3 is 4.74 Å². The monoisotopic (exact) mass is 379 g/mol. The Bertz CT molecular complexity index is 783. The zero-order chi connectivity index (χ0) is 20.5. The lowest BCUT2D eigenvalue weighted by atomic mass is 9.94. The summed E-state index contributed by atoms with van der Waals surface area (Å²) in [6.45, 7) is 6.37. The maximum Gasteiger partial charge on any atom is 0.416 e. The van der Waals surface area contributed by atoms with Gasteiger partial charge in [0.15, 0.2) is 0 Å². The smallest absolute Gasteiger partial charge is 0.416 e. The maximum absolute atomic E-state index is 12.7. The van der Waals surface area contributed by atoms with Gasteiger partial charge in [-0.1, -0.05) is 54.8 Å². The van der Waals surface area contributed by atoms with Crippen LogP contribution in [0.15, 0.2) is 48.1 Å². The van der Waals surface area contributed by atoms with Gasteiger partial charge in [0, 0.05) is 6.42 Å². The average molecular weight is 380 g/mol. The number of aryl methyl sites for hydroxylation is 1. The SMILES string of the molecule is C#C/C=C\C(=C/C)C[C@H]1COC(=O)N1C(=O)CCCC(C)c1ccc(C)cc1. The lowest BCUT2D eigenvalue weighted by Gasteiger charge is -2.20. The van der Waals surface area contributed by atoms with Crippen LogP contribution in [0.25, 0.3) is 0 Å². The number of rotatable bonds is 8. The highest BCUT2D eigenvalue weighted by Crippen LogP contribution is 2.24. The summed E-state index contributed by atoms with van der Waals surface area (Å²) in [7, 11) is 0. The molecule has 0 aliphatic carbocycles. The van der Waals surface area contributed by atoms with E-state index in [2.05, 4.69) is 44.0 Å². The highest BCUT2D eigenvalue weighted by atomic mass is 16.6. The zero-order valence-electron chi connectivity index (χ0n) is 17.0. The number of allylic oxidation sites excluding steroid dienone is 3. The fraction of sp³-hybridized carbons (Fsp3) is 0.417. The van der Waals surface area contributed by atoms with Crippen molar-refractivity contribution in [2.24, 2.45) is 0 Å². The first-order valence-corrected chi connectivity index (χ1v) is 9.79. The van der Waals surface area contributed by atoms with Gasteiger partial charge in [-0.25, -0.2) is 9.69 Å². The summed E-state index contributed by atoms with van der Waals surface area (Å²) < 4.78 is 5.13. The molecule has 1 aliphatic rings. The Morgan fingerprint density at radius 1 is 1.39 bits per heavy atom. The molecule has 1 unspecified atom stereocenters. The molecular formula is C24H29NO3. The van der Waals surface area contributed by atoms with Crippen LogP contribution in [0.5, 0.6) is 0 Å². The molecule has 1 heterocycles. The van der Waals surface area contributed by atoms with Gasteiger partial charge in [0.2, 0.25) is 5.91 Å². The average Bonchev–Trinajstić information content (AvgIpc) is 3.05. The fourth-order valence-electron chi connectivity index (χ4n) is 3.37. The molecule has 0 radical (unpaired) electrons. The van der Waals surface area contributed by atoms with Crippen LogP contribution in [-0.4, -0.2) is 29.5 Å². The highest BCUT2D eigenvalue weighted by molar-refractivity contribution is 5.93. The molecule has 0 N–H and O–H groups in total. The van der Waals surface area contributed by atoms with Gasteiger partial charge in [0.25, 0.3) is 0 Å². The van der Waals surface area contributed by atoms with E-state index in [-0.39, 0.29) is 18.6 Å². The van der Waals surface area contributed by atoms with Crippen LogP contribution >= 0.6 is 0 Å². The first-order valence-electron chi connectivity index (χ1n) is 9.79. The first-order chi connectivity index (χ1) is 13.5. The van der Waals surface area contributed by atoms with E-state index in [1.54, 1.807) is 6.08 Å². The zero-order valence-corrected chi connectivity index (χ0v) is 17.0. The standard InChI is InChI=1S/C24H29NO3/c1-5-7-10-20(6-2)16-22-17-28-24(27)25(22)23(26)11-8-9-19(4)21-14-12-18(3)13-15-21/h1,6-7,10,12-15,19,22H,8-9,11,16-17H2,2-4H3/b10-7-,20-6+/t19?,22-/m0/s1. The molecule has 2 atom stereocenters. The molecule has 0 saturated carbocycles. The van der Waals surface area contributed by atoms with Crippen molar-refractivity contribution in [3.05, 3.63) is 59.2 Å². The highest BCUT2D eigenvalue weighted by Gasteiger charge is 2.37. The summed E-state index contributed by atoms with van der Waals surface area (Å²) in [5, 5.41) is 0. The molecule has 2 rings (SSSR count). The van der Waals surface area contributed by atoms with E-state index in [1.807, 2.05) is 19.1 Å². The van der Waals surface area contributed by atoms with Crippen molar-refractivity contribution in [3.8, 4) is 12.3 Å². The number of nitrogens with zero attached hydrogens (tertiary/aromatic N) is 1. The molecule has 1 saturated heterocycles. The van der Waals surface area contributed by atoms with Crippen LogP contribution in [0.3, 0.4) is 0 Å². The van der Waals surface area contributed by atoms with Gasteiger partial charge >= 0.3 is 6.09 Å². The van der Waals surface area contributed by atoms with Crippen molar-refractivity contribution < 1.29 is 14.3 Å². The number of terminal acetylenes is 1. The molecular weight excluding hydrogens is 350 g/mol. The lowest BCUT2D eigenvalue weighted by molar-refractivity contribution is -0.129. The van der Waals surface area contributed by atoms with E-state index < -0.39 is 6.09 Å². The van der Waals surface area contributed by atoms with E-state index in [0.29, 0.717) is 18.8 Å². The predicted octanol–water partition coefficient (Wildman–Crippen LogP) is 5.14. The number of amides is 2. The number of imide groups is 1. The third-order valence-electron chi connectivity index (χ3n) is 5.14. The summed E-state index contributed by atoms with van der Waals surface area (Å²) in [6.07, 6.45) is 12.6. The van der Waals surface area contributed by atoms with Gasteiger partial charge in [0.1, 0.15) is 6.61 Å². The fourth-order valence-corrected chi connectivity index (χ4v) is 3.37. The minimum atomic E-state index is -0.544. The third-order valence-corrected chi connectivity index (χ3v) is 5.14. The molecule has 148 valence electrons. The van der Waals surface area contributed by atoms with E-state index >= 15 is 0 Å². The van der Waals surface area contributed by atoms with Crippen molar-refractivity contribution >= 4 is 12.0 Å². The molecule has 1 fully saturated rings. The Kier molecular flexibility index (Phi) is 8.07. The quantitative estimate of drug-likeness (QED) is 0.464. The van der Waals surface area contributed by atoms with Crippen molar-refractivity contribution in [3.63, 3.8) is 0 Å². The topological polar surface area (TPSA) is 46.6 Å². The lowest BCUT2D eigenvalue weighted by Crippen LogP contribution is -2.39. The second kappa shape index (κ2) is 10.5. The van der Waals surface area contributed by atoms with Crippen molar-refractivity contribution in [2.75, 3.05) is 6.61 Å². The van der Waals surface area contributed by atoms with E-state index in [1.165, 1.54) is 16.0 Å². The summed E-state index contributed by atoms with van der Waals surface area (Å²) in [5.41, 5.74) is 3.49. The van der Waals surface area contributed by atoms with Gasteiger partial charge in [-0.15, -0.1) is 6.42 Å². The summed E-state index contributed by atoms with van der Waals surface area (Å²) >= 11 is 0. The molecule has 0 aromatic heterocycles. The molecule has 0 bridgehead atoms. The van der Waals surface area contributed by atoms with Crippen molar-refractivity contribution in [2.45, 2.75) is 58.4 Å². The normalized spacial score (nSPS) is 18.2. The number of benzene rings is 1. The van der Waals surface area contributed by atoms with E-state index in [4.69, 9.17) is 11.2 Å². The maximum atomic E-state index is 12.7. The molecule has 28 heavy (non-hydrogen) atoms. The molecule has 4 heteroatoms. The van der Waals surface area contributed by atoms with Crippen LogP contribution in [0.2, 0.25) is 0 Å². The molecule has 1 aromatic carbocycles. The Labute approximate surface area is 168 Å². The first kappa shape index (κ1) is 21.5. The van der Waals surface area contributed by atoms with Crippen LogP contribution in [-0.2, 0) is 9.53 Å². The minimum Gasteiger partial charge on any atom is -0.447 e. The summed E-state index contributed by atoms with van der Waals surface area (Å²) in [4.78, 5) is 26.0. The number of cyclic esters (lactones) is 1. The van der Waals surface area contributed by atoms with E-state index in [9.17, 15) is 9.59 Å². The Hall–Kier alpha value is -2.80. The second-order valence-electron chi connectivity index (χ2n) is 7.27. The molecule has 1 aliphatic heterocycles. The number of carbonyl (C=O) groups excluding carboxylic acids is 2. The summed E-state index contributed by atoms with van der Waals surface area (Å²) in [6, 6.07) is 8.21. The second-order valence-corrected chi connectivity index (χ2v) is 7.27. The van der Waals surface area contributed by atoms with Crippen molar-refractivity contribution in [1.82, 2.24) is 4.90 Å². The van der Waals surface area contributed by atoms with Gasteiger partial charge in [-0.05, 0) is 56.2 Å². The number of ether oxygens (including phenoxy) is 1. The Morgan fingerprint density at radius 3 is 2.75 bits per heavy atom. The number of hydrogen-bond donors (Lipinski definition) is 0. The largest absolute Gasteiger partial charge is 0.447 e. The molecule has 1 aromatic rings. The van der Waals surface area contributed by atoms with E-state index in [0.717, 1.165) is 18.4 Å². The van der Waals surface area contributed by atoms with Gasteiger partial charge in [-0.2, -0.15) is 0 Å². The Balaban J connectivity index is 1.90. The molecule has 4 nitrogen and oxygen atoms in total. The van der Waals surface area contributed by atoms with Gasteiger partial charge in [-0.3, -0.25) is 4.79 Å². The van der Waals surface area contributed by atoms with Crippen LogP contribution in [0, 0.1) is 19.3 Å². The molecule has 2 amide bonds. The number of carbonyl (C=O) groups is 2. The van der Waals surface area contributed by atoms with Crippen LogP contribution in [0.4, 0.5) is 4.79 Å². The van der Waals surface area contributed by atoms with Gasteiger partial charge in [0.05, 0.1) is 6.04 Å². The van der Waals surface area contributed by atoms with Crippen LogP contribution in [0.1, 0.15) is 56.6 Å². The number of hydrogen-bond acceptors (Lipinski definition) is 3. The Morgan fingerprint density at radius 2 is 2.11 bits per heavy atom. The minimum absolute atomic E-state index is 0.167. The van der Waals surface area contributed by atoms with Crippen LogP contribution < -0.4 is 0 Å². The third kappa shape index (κ3) is 5.85.